The lowest BCUT2D eigenvalue weighted by molar-refractivity contribution is -0.142. The molecular formula is C16H21N3O4. The Bertz CT molecular complexity index is 658. The molecule has 7 heteroatoms. The molecule has 0 bridgehead atoms. The zero-order valence-corrected chi connectivity index (χ0v) is 13.9. The summed E-state index contributed by atoms with van der Waals surface area (Å²) < 4.78 is 4.76. The fourth-order valence-electron chi connectivity index (χ4n) is 2.87. The number of nitrogens with one attached hydrogen (secondary N) is 1. The van der Waals surface area contributed by atoms with Crippen molar-refractivity contribution in [3.8, 4) is 0 Å². The first-order valence-electron chi connectivity index (χ1n) is 7.39. The first kappa shape index (κ1) is 16.9. The summed E-state index contributed by atoms with van der Waals surface area (Å²) in [7, 11) is 1.27. The highest BCUT2D eigenvalue weighted by Crippen LogP contribution is 2.38. The summed E-state index contributed by atoms with van der Waals surface area (Å²) in [6, 6.07) is 3.16. The molecule has 7 nitrogen and oxygen atoms in total. The Hall–Kier alpha value is -2.44. The average Bonchev–Trinajstić information content (AvgIpc) is 2.79. The van der Waals surface area contributed by atoms with E-state index in [-0.39, 0.29) is 23.3 Å². The topological polar surface area (TPSA) is 88.6 Å². The van der Waals surface area contributed by atoms with Gasteiger partial charge in [0, 0.05) is 13.1 Å². The molecule has 2 unspecified atom stereocenters. The Morgan fingerprint density at radius 2 is 2.09 bits per heavy atom. The lowest BCUT2D eigenvalue weighted by Crippen LogP contribution is -2.52. The smallest absolute Gasteiger partial charge is 0.339 e. The number of esters is 1. The molecular weight excluding hydrogens is 298 g/mol. The maximum Gasteiger partial charge on any atom is 0.339 e. The van der Waals surface area contributed by atoms with E-state index < -0.39 is 17.7 Å². The largest absolute Gasteiger partial charge is 0.465 e. The molecule has 0 spiro atoms. The van der Waals surface area contributed by atoms with Crippen molar-refractivity contribution in [2.75, 3.05) is 7.11 Å². The Morgan fingerprint density at radius 1 is 1.43 bits per heavy atom. The van der Waals surface area contributed by atoms with Gasteiger partial charge in [0.05, 0.1) is 18.4 Å². The Kier molecular flexibility index (Phi) is 4.40. The van der Waals surface area contributed by atoms with E-state index >= 15 is 0 Å². The third-order valence-corrected chi connectivity index (χ3v) is 4.45. The Balaban J connectivity index is 2.59. The van der Waals surface area contributed by atoms with Gasteiger partial charge in [-0.1, -0.05) is 13.8 Å². The van der Waals surface area contributed by atoms with Gasteiger partial charge in [0.15, 0.2) is 0 Å². The van der Waals surface area contributed by atoms with Crippen LogP contribution in [0.2, 0.25) is 0 Å². The normalized spacial score (nSPS) is 23.8. The Morgan fingerprint density at radius 3 is 2.61 bits per heavy atom. The van der Waals surface area contributed by atoms with Crippen molar-refractivity contribution >= 4 is 17.8 Å². The minimum absolute atomic E-state index is 0.110. The number of rotatable bonds is 3. The van der Waals surface area contributed by atoms with Gasteiger partial charge < -0.3 is 15.0 Å². The van der Waals surface area contributed by atoms with Gasteiger partial charge in [0.2, 0.25) is 11.8 Å². The van der Waals surface area contributed by atoms with E-state index in [2.05, 4.69) is 10.3 Å². The van der Waals surface area contributed by atoms with Crippen LogP contribution in [0.25, 0.3) is 0 Å². The molecule has 2 amide bonds. The van der Waals surface area contributed by atoms with Crippen LogP contribution in [0.4, 0.5) is 0 Å². The molecule has 124 valence electrons. The molecule has 1 aliphatic heterocycles. The summed E-state index contributed by atoms with van der Waals surface area (Å²) in [6.45, 7) is 6.86. The highest BCUT2D eigenvalue weighted by atomic mass is 16.5. The molecule has 2 atom stereocenters. The van der Waals surface area contributed by atoms with Gasteiger partial charge in [0.25, 0.3) is 0 Å². The molecule has 0 aromatic carbocycles. The molecule has 0 saturated carbocycles. The van der Waals surface area contributed by atoms with Crippen LogP contribution >= 0.6 is 0 Å². The van der Waals surface area contributed by atoms with E-state index in [1.54, 1.807) is 19.1 Å². The van der Waals surface area contributed by atoms with E-state index in [0.717, 1.165) is 0 Å². The fourth-order valence-corrected chi connectivity index (χ4v) is 2.87. The lowest BCUT2D eigenvalue weighted by Gasteiger charge is -2.37. The molecule has 23 heavy (non-hydrogen) atoms. The highest BCUT2D eigenvalue weighted by Gasteiger charge is 2.54. The van der Waals surface area contributed by atoms with Crippen molar-refractivity contribution in [3.05, 3.63) is 29.6 Å². The zero-order chi connectivity index (χ0) is 17.4. The van der Waals surface area contributed by atoms with Crippen molar-refractivity contribution in [3.63, 3.8) is 0 Å². The number of amides is 2. The number of carbonyl (C=O) groups excluding carboxylic acids is 3. The molecule has 1 aromatic heterocycles. The number of nitrogens with zero attached hydrogens (tertiary/aromatic N) is 2. The summed E-state index contributed by atoms with van der Waals surface area (Å²) in [5.41, 5.74) is -0.492. The van der Waals surface area contributed by atoms with Gasteiger partial charge in [-0.15, -0.1) is 0 Å². The number of hydrogen-bond acceptors (Lipinski definition) is 5. The fraction of sp³-hybridized carbons (Fsp3) is 0.500. The standard InChI is InChI=1S/C16H21N3O4/c1-9(2)16(4)15(22)18-13(19(16)10(3)20)12-11(14(21)23-5)7-6-8-17-12/h6-9,13H,1-5H3,(H,18,22). The summed E-state index contributed by atoms with van der Waals surface area (Å²) >= 11 is 0. The first-order chi connectivity index (χ1) is 10.7. The number of hydrogen-bond donors (Lipinski definition) is 1. The summed E-state index contributed by atoms with van der Waals surface area (Å²) in [6.07, 6.45) is 0.708. The van der Waals surface area contributed by atoms with E-state index in [9.17, 15) is 14.4 Å². The molecule has 2 heterocycles. The lowest BCUT2D eigenvalue weighted by atomic mass is 9.87. The monoisotopic (exact) mass is 319 g/mol. The molecule has 1 N–H and O–H groups in total. The van der Waals surface area contributed by atoms with Crippen LogP contribution in [0.15, 0.2) is 18.3 Å². The maximum absolute atomic E-state index is 12.5. The van der Waals surface area contributed by atoms with Crippen LogP contribution in [0.1, 0.15) is 49.9 Å². The van der Waals surface area contributed by atoms with Crippen LogP contribution in [-0.2, 0) is 14.3 Å². The van der Waals surface area contributed by atoms with Crippen LogP contribution in [0.5, 0.6) is 0 Å². The second kappa shape index (κ2) is 5.98. The quantitative estimate of drug-likeness (QED) is 0.847. The molecule has 2 rings (SSSR count). The van der Waals surface area contributed by atoms with Gasteiger partial charge in [-0.3, -0.25) is 14.6 Å². The van der Waals surface area contributed by atoms with Crippen molar-refractivity contribution in [1.82, 2.24) is 15.2 Å². The van der Waals surface area contributed by atoms with Crippen LogP contribution < -0.4 is 5.32 Å². The molecule has 1 saturated heterocycles. The summed E-state index contributed by atoms with van der Waals surface area (Å²) in [5, 5.41) is 2.79. The number of pyridine rings is 1. The van der Waals surface area contributed by atoms with Crippen molar-refractivity contribution in [1.29, 1.82) is 0 Å². The molecule has 1 fully saturated rings. The van der Waals surface area contributed by atoms with Gasteiger partial charge in [0.1, 0.15) is 11.7 Å². The predicted octanol–water partition coefficient (Wildman–Crippen LogP) is 1.26. The Labute approximate surface area is 135 Å². The van der Waals surface area contributed by atoms with E-state index in [4.69, 9.17) is 4.74 Å². The molecule has 0 aliphatic carbocycles. The first-order valence-corrected chi connectivity index (χ1v) is 7.39. The average molecular weight is 319 g/mol. The second-order valence-corrected chi connectivity index (χ2v) is 6.00. The van der Waals surface area contributed by atoms with Crippen molar-refractivity contribution in [2.24, 2.45) is 5.92 Å². The van der Waals surface area contributed by atoms with Crippen molar-refractivity contribution < 1.29 is 19.1 Å². The molecule has 0 radical (unpaired) electrons. The van der Waals surface area contributed by atoms with Crippen LogP contribution in [0, 0.1) is 5.92 Å². The maximum atomic E-state index is 12.5. The minimum Gasteiger partial charge on any atom is -0.465 e. The number of carbonyl (C=O) groups is 3. The van der Waals surface area contributed by atoms with Gasteiger partial charge in [-0.25, -0.2) is 4.79 Å². The number of aromatic nitrogens is 1. The van der Waals surface area contributed by atoms with Gasteiger partial charge in [-0.2, -0.15) is 0 Å². The van der Waals surface area contributed by atoms with E-state index in [1.165, 1.54) is 25.1 Å². The van der Waals surface area contributed by atoms with Crippen LogP contribution in [0.3, 0.4) is 0 Å². The number of ether oxygens (including phenoxy) is 1. The minimum atomic E-state index is -1.01. The van der Waals surface area contributed by atoms with Crippen molar-refractivity contribution in [2.45, 2.75) is 39.4 Å². The van der Waals surface area contributed by atoms with E-state index in [0.29, 0.717) is 5.69 Å². The molecule has 1 aliphatic rings. The van der Waals surface area contributed by atoms with Gasteiger partial charge in [-0.05, 0) is 25.0 Å². The van der Waals surface area contributed by atoms with Gasteiger partial charge >= 0.3 is 5.97 Å². The summed E-state index contributed by atoms with van der Waals surface area (Å²) in [4.78, 5) is 42.4. The summed E-state index contributed by atoms with van der Waals surface area (Å²) in [5.74, 6) is -1.22. The SMILES string of the molecule is COC(=O)c1cccnc1C1NC(=O)C(C)(C(C)C)N1C(C)=O. The third kappa shape index (κ3) is 2.56. The predicted molar refractivity (Wildman–Crippen MR) is 82.2 cm³/mol. The second-order valence-electron chi connectivity index (χ2n) is 6.00. The highest BCUT2D eigenvalue weighted by molar-refractivity contribution is 5.96. The van der Waals surface area contributed by atoms with Crippen LogP contribution in [-0.4, -0.2) is 40.3 Å². The molecule has 1 aromatic rings. The zero-order valence-electron chi connectivity index (χ0n) is 13.9. The number of methoxy groups -OCH3 is 1. The third-order valence-electron chi connectivity index (χ3n) is 4.45. The van der Waals surface area contributed by atoms with E-state index in [1.807, 2.05) is 13.8 Å².